The predicted octanol–water partition coefficient (Wildman–Crippen LogP) is 0.657. The smallest absolute Gasteiger partial charge is 0.166 e. The van der Waals surface area contributed by atoms with Gasteiger partial charge in [0, 0.05) is 35.0 Å². The van der Waals surface area contributed by atoms with Gasteiger partial charge in [0.25, 0.3) is 0 Å². The van der Waals surface area contributed by atoms with Crippen LogP contribution in [0.25, 0.3) is 0 Å². The molecule has 122 valence electrons. The molecule has 5 rings (SSSR count). The lowest BCUT2D eigenvalue weighted by molar-refractivity contribution is -0.0453. The van der Waals surface area contributed by atoms with E-state index in [1.54, 1.807) is 0 Å². The first-order valence-electron chi connectivity index (χ1n) is 8.39. The molecule has 0 saturated carbocycles. The Morgan fingerprint density at radius 2 is 2.26 bits per heavy atom. The first-order valence-corrected chi connectivity index (χ1v) is 8.39. The number of likely N-dealkylation sites (tertiary alicyclic amines) is 1. The van der Waals surface area contributed by atoms with Crippen molar-refractivity contribution in [2.45, 2.75) is 43.1 Å². The molecule has 2 bridgehead atoms. The lowest BCUT2D eigenvalue weighted by atomic mass is 9.53. The summed E-state index contributed by atoms with van der Waals surface area (Å²) in [6.07, 6.45) is 5.00. The van der Waals surface area contributed by atoms with Crippen molar-refractivity contribution in [1.29, 1.82) is 0 Å². The standard InChI is InChI=1S/C18H22N2O3/c1-20-5-4-18-11-2-3-13(21)17(18)23-16-14(18)9(7-12(11)20)6-10(8-19)15(16)22/h2-3,6,11-13,17,21-22H,4-5,7-8,19H2,1H3/t11-,12+,13-,17-,18-/m0/s1. The van der Waals surface area contributed by atoms with Crippen molar-refractivity contribution < 1.29 is 14.9 Å². The van der Waals surface area contributed by atoms with Gasteiger partial charge in [0.2, 0.25) is 0 Å². The summed E-state index contributed by atoms with van der Waals surface area (Å²) in [7, 11) is 2.18. The molecule has 1 fully saturated rings. The summed E-state index contributed by atoms with van der Waals surface area (Å²) in [5.41, 5.74) is 8.70. The van der Waals surface area contributed by atoms with Crippen LogP contribution in [0.3, 0.4) is 0 Å². The van der Waals surface area contributed by atoms with Gasteiger partial charge in [-0.25, -0.2) is 0 Å². The molecule has 5 atom stereocenters. The van der Waals surface area contributed by atoms with E-state index in [0.717, 1.165) is 30.5 Å². The highest BCUT2D eigenvalue weighted by atomic mass is 16.5. The van der Waals surface area contributed by atoms with E-state index in [4.69, 9.17) is 10.5 Å². The van der Waals surface area contributed by atoms with Crippen LogP contribution in [0.5, 0.6) is 11.5 Å². The van der Waals surface area contributed by atoms with E-state index in [2.05, 4.69) is 24.1 Å². The number of nitrogens with two attached hydrogens (primary N) is 1. The molecule has 1 saturated heterocycles. The summed E-state index contributed by atoms with van der Waals surface area (Å²) >= 11 is 0. The Hall–Kier alpha value is -1.56. The Kier molecular flexibility index (Phi) is 2.58. The van der Waals surface area contributed by atoms with E-state index < -0.39 is 6.10 Å². The number of phenols is 1. The average Bonchev–Trinajstić information content (AvgIpc) is 2.90. The Balaban J connectivity index is 1.83. The number of ether oxygens (including phenoxy) is 1. The average molecular weight is 314 g/mol. The van der Waals surface area contributed by atoms with Crippen molar-refractivity contribution in [3.63, 3.8) is 0 Å². The zero-order valence-corrected chi connectivity index (χ0v) is 13.2. The molecule has 2 aliphatic carbocycles. The summed E-state index contributed by atoms with van der Waals surface area (Å²) in [5.74, 6) is 1.06. The fourth-order valence-corrected chi connectivity index (χ4v) is 5.53. The normalized spacial score (nSPS) is 40.0. The number of aromatic hydroxyl groups is 1. The zero-order chi connectivity index (χ0) is 15.9. The second-order valence-corrected chi connectivity index (χ2v) is 7.43. The number of piperidine rings is 1. The number of aliphatic hydroxyl groups excluding tert-OH is 1. The molecule has 1 aromatic carbocycles. The third kappa shape index (κ3) is 1.44. The number of hydrogen-bond acceptors (Lipinski definition) is 5. The van der Waals surface area contributed by atoms with Crippen molar-refractivity contribution in [3.05, 3.63) is 34.9 Å². The highest BCUT2D eigenvalue weighted by molar-refractivity contribution is 5.64. The highest BCUT2D eigenvalue weighted by Crippen LogP contribution is 2.62. The molecule has 2 heterocycles. The number of nitrogens with zero attached hydrogens (tertiary/aromatic N) is 1. The number of phenolic OH excluding ortho intramolecular Hbond substituents is 1. The fraction of sp³-hybridized carbons (Fsp3) is 0.556. The van der Waals surface area contributed by atoms with Crippen molar-refractivity contribution in [2.75, 3.05) is 13.6 Å². The highest BCUT2D eigenvalue weighted by Gasteiger charge is 2.64. The molecule has 23 heavy (non-hydrogen) atoms. The quantitative estimate of drug-likeness (QED) is 0.664. The lowest BCUT2D eigenvalue weighted by Crippen LogP contribution is -2.64. The molecule has 4 N–H and O–H groups in total. The van der Waals surface area contributed by atoms with Crippen molar-refractivity contribution in [3.8, 4) is 11.5 Å². The van der Waals surface area contributed by atoms with Crippen LogP contribution in [0, 0.1) is 5.92 Å². The number of rotatable bonds is 1. The van der Waals surface area contributed by atoms with Crippen LogP contribution in [0.4, 0.5) is 0 Å². The maximum absolute atomic E-state index is 10.6. The van der Waals surface area contributed by atoms with Gasteiger partial charge in [-0.15, -0.1) is 0 Å². The lowest BCUT2D eigenvalue weighted by Gasteiger charge is -2.56. The Bertz CT molecular complexity index is 731. The van der Waals surface area contributed by atoms with E-state index in [1.807, 2.05) is 6.08 Å². The largest absolute Gasteiger partial charge is 0.504 e. The molecule has 0 aromatic heterocycles. The van der Waals surface area contributed by atoms with Crippen LogP contribution in [0.2, 0.25) is 0 Å². The number of benzene rings is 1. The molecule has 4 aliphatic rings. The third-order valence-electron chi connectivity index (χ3n) is 6.56. The molecule has 5 heteroatoms. The fourth-order valence-electron chi connectivity index (χ4n) is 5.53. The molecular formula is C18H22N2O3. The van der Waals surface area contributed by atoms with Crippen molar-refractivity contribution in [1.82, 2.24) is 4.90 Å². The monoisotopic (exact) mass is 314 g/mol. The van der Waals surface area contributed by atoms with E-state index in [1.165, 1.54) is 5.56 Å². The van der Waals surface area contributed by atoms with Gasteiger partial charge in [0.1, 0.15) is 12.2 Å². The molecule has 0 radical (unpaired) electrons. The van der Waals surface area contributed by atoms with Gasteiger partial charge in [-0.3, -0.25) is 0 Å². The first kappa shape index (κ1) is 13.8. The Morgan fingerprint density at radius 1 is 1.43 bits per heavy atom. The van der Waals surface area contributed by atoms with E-state index >= 15 is 0 Å². The van der Waals surface area contributed by atoms with Gasteiger partial charge in [0.05, 0.1) is 0 Å². The first-order chi connectivity index (χ1) is 11.1. The van der Waals surface area contributed by atoms with Crippen LogP contribution < -0.4 is 10.5 Å². The van der Waals surface area contributed by atoms with Crippen LogP contribution in [-0.4, -0.2) is 47.0 Å². The third-order valence-corrected chi connectivity index (χ3v) is 6.56. The van der Waals surface area contributed by atoms with E-state index in [-0.39, 0.29) is 23.8 Å². The van der Waals surface area contributed by atoms with Crippen molar-refractivity contribution >= 4 is 0 Å². The van der Waals surface area contributed by atoms with Gasteiger partial charge in [-0.05, 0) is 32.0 Å². The van der Waals surface area contributed by atoms with Gasteiger partial charge >= 0.3 is 0 Å². The summed E-state index contributed by atoms with van der Waals surface area (Å²) in [6.45, 7) is 1.28. The SMILES string of the molecule is CN1CC[C@]23c4c5cc(CN)c(O)c4O[C@H]2[C@@H](O)C=C[C@H]3[C@H]1C5. The molecular weight excluding hydrogens is 292 g/mol. The second kappa shape index (κ2) is 4.29. The second-order valence-electron chi connectivity index (χ2n) is 7.43. The minimum atomic E-state index is -0.630. The van der Waals surface area contributed by atoms with Crippen molar-refractivity contribution in [2.24, 2.45) is 11.7 Å². The maximum atomic E-state index is 10.6. The topological polar surface area (TPSA) is 79.0 Å². The van der Waals surface area contributed by atoms with Crippen LogP contribution in [-0.2, 0) is 18.4 Å². The summed E-state index contributed by atoms with van der Waals surface area (Å²) in [4.78, 5) is 2.42. The molecule has 5 nitrogen and oxygen atoms in total. The van der Waals surface area contributed by atoms with Crippen LogP contribution in [0.15, 0.2) is 18.2 Å². The molecule has 1 aromatic rings. The molecule has 0 unspecified atom stereocenters. The Morgan fingerprint density at radius 3 is 3.04 bits per heavy atom. The summed E-state index contributed by atoms with van der Waals surface area (Å²) < 4.78 is 6.17. The number of hydrogen-bond donors (Lipinski definition) is 3. The van der Waals surface area contributed by atoms with Gasteiger partial charge in [-0.1, -0.05) is 18.2 Å². The predicted molar refractivity (Wildman–Crippen MR) is 85.5 cm³/mol. The number of aliphatic hydroxyl groups is 1. The van der Waals surface area contributed by atoms with Gasteiger partial charge in [0.15, 0.2) is 11.5 Å². The van der Waals surface area contributed by atoms with E-state index in [9.17, 15) is 10.2 Å². The summed E-state index contributed by atoms with van der Waals surface area (Å²) in [5, 5.41) is 21.1. The summed E-state index contributed by atoms with van der Waals surface area (Å²) in [6, 6.07) is 2.46. The van der Waals surface area contributed by atoms with Gasteiger partial charge in [-0.2, -0.15) is 0 Å². The maximum Gasteiger partial charge on any atom is 0.166 e. The van der Waals surface area contributed by atoms with Gasteiger partial charge < -0.3 is 25.6 Å². The molecule has 0 amide bonds. The van der Waals surface area contributed by atoms with Crippen LogP contribution >= 0.6 is 0 Å². The number of likely N-dealkylation sites (N-methyl/N-ethyl adjacent to an activating group) is 1. The Labute approximate surface area is 135 Å². The van der Waals surface area contributed by atoms with E-state index in [0.29, 0.717) is 17.7 Å². The minimum Gasteiger partial charge on any atom is -0.504 e. The molecule has 2 aliphatic heterocycles. The molecule has 1 spiro atoms. The minimum absolute atomic E-state index is 0.165. The zero-order valence-electron chi connectivity index (χ0n) is 13.2. The van der Waals surface area contributed by atoms with Crippen LogP contribution in [0.1, 0.15) is 23.1 Å².